The number of hydrogen-bond donors (Lipinski definition) is 0. The molecule has 1 heterocycles. The third kappa shape index (κ3) is 5.43. The number of allylic oxidation sites excluding steroid dienone is 1. The van der Waals surface area contributed by atoms with Crippen LogP contribution in [0.3, 0.4) is 0 Å². The fourth-order valence-electron chi connectivity index (χ4n) is 1.28. The summed E-state index contributed by atoms with van der Waals surface area (Å²) < 4.78 is 24.2. The number of rotatable bonds is 7. The molecule has 19 heavy (non-hydrogen) atoms. The van der Waals surface area contributed by atoms with Gasteiger partial charge in [-0.25, -0.2) is 9.59 Å². The second-order valence-electron chi connectivity index (χ2n) is 3.54. The van der Waals surface area contributed by atoms with Gasteiger partial charge in [-0.3, -0.25) is 0 Å². The van der Waals surface area contributed by atoms with E-state index in [1.165, 1.54) is 12.3 Å². The molecule has 0 spiro atoms. The van der Waals surface area contributed by atoms with Gasteiger partial charge in [0, 0.05) is 0 Å². The number of cyclic esters (lactones) is 2. The van der Waals surface area contributed by atoms with E-state index in [2.05, 4.69) is 11.3 Å². The second-order valence-corrected chi connectivity index (χ2v) is 3.54. The average molecular weight is 272 g/mol. The van der Waals surface area contributed by atoms with E-state index < -0.39 is 24.5 Å². The number of ether oxygens (including phenoxy) is 5. The number of carbonyl (C=O) groups excluding carboxylic acids is 2. The summed E-state index contributed by atoms with van der Waals surface area (Å²) in [5.41, 5.74) is 0. The molecule has 1 aliphatic rings. The molecule has 1 saturated heterocycles. The van der Waals surface area contributed by atoms with Crippen molar-refractivity contribution in [2.45, 2.75) is 19.1 Å². The summed E-state index contributed by atoms with van der Waals surface area (Å²) in [6.45, 7) is 5.47. The van der Waals surface area contributed by atoms with Crippen LogP contribution in [0.4, 0.5) is 9.59 Å². The van der Waals surface area contributed by atoms with Crippen LogP contribution in [0.2, 0.25) is 0 Å². The molecule has 7 heteroatoms. The van der Waals surface area contributed by atoms with Gasteiger partial charge in [0.25, 0.3) is 0 Å². The largest absolute Gasteiger partial charge is 0.513 e. The average Bonchev–Trinajstić information content (AvgIpc) is 2.74. The van der Waals surface area contributed by atoms with Gasteiger partial charge in [0.05, 0.1) is 19.5 Å². The van der Waals surface area contributed by atoms with Gasteiger partial charge in [0.15, 0.2) is 12.2 Å². The highest BCUT2D eigenvalue weighted by molar-refractivity contribution is 5.63. The smallest absolute Gasteiger partial charge is 0.430 e. The summed E-state index contributed by atoms with van der Waals surface area (Å²) in [6.07, 6.45) is 1.25. The Morgan fingerprint density at radius 3 is 2.68 bits per heavy atom. The van der Waals surface area contributed by atoms with Crippen LogP contribution in [0.5, 0.6) is 0 Å². The molecule has 0 radical (unpaired) electrons. The van der Waals surface area contributed by atoms with E-state index in [1.807, 2.05) is 0 Å². The summed E-state index contributed by atoms with van der Waals surface area (Å²) in [5, 5.41) is 0. The Morgan fingerprint density at radius 1 is 1.37 bits per heavy atom. The zero-order chi connectivity index (χ0) is 14.1. The van der Waals surface area contributed by atoms with Gasteiger partial charge in [-0.1, -0.05) is 12.2 Å². The van der Waals surface area contributed by atoms with Crippen molar-refractivity contribution >= 4 is 12.3 Å². The maximum absolute atomic E-state index is 11.1. The predicted octanol–water partition coefficient (Wildman–Crippen LogP) is 1.78. The van der Waals surface area contributed by atoms with E-state index in [9.17, 15) is 9.59 Å². The van der Waals surface area contributed by atoms with Gasteiger partial charge in [-0.15, -0.1) is 6.58 Å². The molecule has 0 aromatic rings. The summed E-state index contributed by atoms with van der Waals surface area (Å²) in [4.78, 5) is 22.1. The first-order valence-corrected chi connectivity index (χ1v) is 5.67. The van der Waals surface area contributed by atoms with Gasteiger partial charge in [0.2, 0.25) is 0 Å². The summed E-state index contributed by atoms with van der Waals surface area (Å²) in [6, 6.07) is 0. The predicted molar refractivity (Wildman–Crippen MR) is 63.4 cm³/mol. The van der Waals surface area contributed by atoms with E-state index >= 15 is 0 Å². The minimum absolute atomic E-state index is 0.135. The SMILES string of the molecule is C=CCOCC1OC(=O)OC1COC(=O)OC=CC. The summed E-state index contributed by atoms with van der Waals surface area (Å²) in [5.74, 6) is 0. The van der Waals surface area contributed by atoms with Gasteiger partial charge in [-0.05, 0) is 6.92 Å². The van der Waals surface area contributed by atoms with Crippen LogP contribution >= 0.6 is 0 Å². The zero-order valence-electron chi connectivity index (χ0n) is 10.6. The summed E-state index contributed by atoms with van der Waals surface area (Å²) >= 11 is 0. The van der Waals surface area contributed by atoms with Crippen LogP contribution in [0, 0.1) is 0 Å². The first-order valence-electron chi connectivity index (χ1n) is 5.67. The van der Waals surface area contributed by atoms with Crippen molar-refractivity contribution in [1.29, 1.82) is 0 Å². The van der Waals surface area contributed by atoms with Crippen LogP contribution in [0.15, 0.2) is 25.0 Å². The van der Waals surface area contributed by atoms with E-state index in [-0.39, 0.29) is 13.2 Å². The molecule has 2 atom stereocenters. The van der Waals surface area contributed by atoms with Crippen molar-refractivity contribution in [1.82, 2.24) is 0 Å². The molecule has 106 valence electrons. The minimum Gasteiger partial charge on any atom is -0.430 e. The number of carbonyl (C=O) groups is 2. The molecule has 1 rings (SSSR count). The zero-order valence-corrected chi connectivity index (χ0v) is 10.6. The van der Waals surface area contributed by atoms with E-state index in [0.717, 1.165) is 0 Å². The Balaban J connectivity index is 2.34. The normalized spacial score (nSPS) is 21.8. The molecule has 7 nitrogen and oxygen atoms in total. The lowest BCUT2D eigenvalue weighted by Crippen LogP contribution is -2.32. The Morgan fingerprint density at radius 2 is 2.05 bits per heavy atom. The molecule has 0 saturated carbocycles. The molecule has 1 aliphatic heterocycles. The third-order valence-corrected chi connectivity index (χ3v) is 2.09. The number of hydrogen-bond acceptors (Lipinski definition) is 7. The molecule has 0 bridgehead atoms. The fourth-order valence-corrected chi connectivity index (χ4v) is 1.28. The second kappa shape index (κ2) is 8.15. The molecule has 1 fully saturated rings. The topological polar surface area (TPSA) is 80.3 Å². The molecule has 0 aromatic carbocycles. The molecule has 0 N–H and O–H groups in total. The van der Waals surface area contributed by atoms with Gasteiger partial charge < -0.3 is 23.7 Å². The minimum atomic E-state index is -0.883. The van der Waals surface area contributed by atoms with Crippen molar-refractivity contribution in [2.24, 2.45) is 0 Å². The monoisotopic (exact) mass is 272 g/mol. The van der Waals surface area contributed by atoms with Crippen molar-refractivity contribution < 1.29 is 33.3 Å². The lowest BCUT2D eigenvalue weighted by atomic mass is 10.2. The van der Waals surface area contributed by atoms with Gasteiger partial charge >= 0.3 is 12.3 Å². The highest BCUT2D eigenvalue weighted by Gasteiger charge is 2.37. The Hall–Kier alpha value is -2.02. The highest BCUT2D eigenvalue weighted by Crippen LogP contribution is 2.16. The maximum atomic E-state index is 11.1. The summed E-state index contributed by atoms with van der Waals surface area (Å²) in [7, 11) is 0. The Kier molecular flexibility index (Phi) is 6.45. The van der Waals surface area contributed by atoms with Crippen LogP contribution in [-0.4, -0.2) is 44.3 Å². The van der Waals surface area contributed by atoms with E-state index in [4.69, 9.17) is 18.9 Å². The molecular weight excluding hydrogens is 256 g/mol. The van der Waals surface area contributed by atoms with Gasteiger partial charge in [0.1, 0.15) is 6.61 Å². The standard InChI is InChI=1S/C12H16O7/c1-3-5-15-7-9-10(19-12(14)18-9)8-17-11(13)16-6-4-2/h3-4,6,9-10H,1,5,7-8H2,2H3. The van der Waals surface area contributed by atoms with Gasteiger partial charge in [-0.2, -0.15) is 0 Å². The van der Waals surface area contributed by atoms with Crippen LogP contribution in [-0.2, 0) is 23.7 Å². The first-order chi connectivity index (χ1) is 9.17. The molecular formula is C12H16O7. The maximum Gasteiger partial charge on any atom is 0.513 e. The molecule has 0 aliphatic carbocycles. The fraction of sp³-hybridized carbons (Fsp3) is 0.500. The highest BCUT2D eigenvalue weighted by atomic mass is 16.8. The third-order valence-electron chi connectivity index (χ3n) is 2.09. The Bertz CT molecular complexity index is 350. The van der Waals surface area contributed by atoms with Crippen LogP contribution in [0.1, 0.15) is 6.92 Å². The molecule has 0 aromatic heterocycles. The van der Waals surface area contributed by atoms with Crippen molar-refractivity contribution in [3.63, 3.8) is 0 Å². The lowest BCUT2D eigenvalue weighted by molar-refractivity contribution is 0.00647. The van der Waals surface area contributed by atoms with Crippen molar-refractivity contribution in [3.05, 3.63) is 25.0 Å². The lowest BCUT2D eigenvalue weighted by Gasteiger charge is -2.14. The van der Waals surface area contributed by atoms with E-state index in [0.29, 0.717) is 6.61 Å². The van der Waals surface area contributed by atoms with Crippen LogP contribution in [0.25, 0.3) is 0 Å². The van der Waals surface area contributed by atoms with Crippen molar-refractivity contribution in [3.8, 4) is 0 Å². The Labute approximate surface area is 110 Å². The van der Waals surface area contributed by atoms with E-state index in [1.54, 1.807) is 13.0 Å². The van der Waals surface area contributed by atoms with Crippen molar-refractivity contribution in [2.75, 3.05) is 19.8 Å². The van der Waals surface area contributed by atoms with Crippen LogP contribution < -0.4 is 0 Å². The molecule has 0 amide bonds. The molecule has 2 unspecified atom stereocenters. The quantitative estimate of drug-likeness (QED) is 0.302. The first kappa shape index (κ1) is 15.0.